The van der Waals surface area contributed by atoms with Gasteiger partial charge in [-0.2, -0.15) is 0 Å². The number of aryl methyl sites for hydroxylation is 1. The fraction of sp³-hybridized carbons (Fsp3) is 0.321. The van der Waals surface area contributed by atoms with E-state index in [0.29, 0.717) is 26.0 Å². The number of pyridine rings is 1. The summed E-state index contributed by atoms with van der Waals surface area (Å²) in [6.07, 6.45) is 4.34. The van der Waals surface area contributed by atoms with Gasteiger partial charge >= 0.3 is 12.1 Å². The Bertz CT molecular complexity index is 1070. The Hall–Kier alpha value is -3.71. The summed E-state index contributed by atoms with van der Waals surface area (Å²) in [5, 5.41) is 12.9. The van der Waals surface area contributed by atoms with Crippen LogP contribution in [0, 0.1) is 0 Å². The molecular weight excluding hydrogens is 444 g/mol. The van der Waals surface area contributed by atoms with E-state index in [2.05, 4.69) is 10.3 Å². The van der Waals surface area contributed by atoms with E-state index in [9.17, 15) is 14.7 Å². The van der Waals surface area contributed by atoms with Gasteiger partial charge in [-0.15, -0.1) is 0 Å². The van der Waals surface area contributed by atoms with Crippen LogP contribution in [0.25, 0.3) is 0 Å². The van der Waals surface area contributed by atoms with Gasteiger partial charge in [0.15, 0.2) is 0 Å². The third-order valence-electron chi connectivity index (χ3n) is 5.57. The number of esters is 1. The molecule has 3 aromatic rings. The number of aliphatic hydroxyl groups excluding tert-OH is 1. The van der Waals surface area contributed by atoms with Crippen molar-refractivity contribution in [2.75, 3.05) is 19.8 Å². The molecule has 0 aliphatic rings. The van der Waals surface area contributed by atoms with Crippen LogP contribution < -0.4 is 5.32 Å². The number of alkyl carbamates (subject to hydrolysis) is 1. The van der Waals surface area contributed by atoms with Gasteiger partial charge in [0, 0.05) is 31.3 Å². The Kier molecular flexibility index (Phi) is 10.3. The summed E-state index contributed by atoms with van der Waals surface area (Å²) in [6, 6.07) is 19.3. The molecule has 1 aromatic heterocycles. The van der Waals surface area contributed by atoms with E-state index in [-0.39, 0.29) is 31.5 Å². The SMILES string of the molecule is CCOC(=O)CCc1cc(CCNC(=O)OCc2ccccc2)cc(C(CO)c2cccnc2)c1. The van der Waals surface area contributed by atoms with Gasteiger partial charge in [0.25, 0.3) is 0 Å². The topological polar surface area (TPSA) is 97.8 Å². The van der Waals surface area contributed by atoms with Gasteiger partial charge in [0.05, 0.1) is 13.2 Å². The van der Waals surface area contributed by atoms with Crippen molar-refractivity contribution in [3.63, 3.8) is 0 Å². The van der Waals surface area contributed by atoms with Crippen LogP contribution in [0.4, 0.5) is 4.79 Å². The molecule has 184 valence electrons. The molecule has 0 bridgehead atoms. The zero-order valence-corrected chi connectivity index (χ0v) is 20.0. The van der Waals surface area contributed by atoms with Gasteiger partial charge in [-0.25, -0.2) is 4.79 Å². The molecule has 0 spiro atoms. The summed E-state index contributed by atoms with van der Waals surface area (Å²) >= 11 is 0. The lowest BCUT2D eigenvalue weighted by molar-refractivity contribution is -0.143. The summed E-state index contributed by atoms with van der Waals surface area (Å²) in [6.45, 7) is 2.67. The second-order valence-corrected chi connectivity index (χ2v) is 8.15. The first-order chi connectivity index (χ1) is 17.1. The van der Waals surface area contributed by atoms with Crippen LogP contribution in [-0.2, 0) is 33.7 Å². The van der Waals surface area contributed by atoms with Crippen molar-refractivity contribution in [1.82, 2.24) is 10.3 Å². The van der Waals surface area contributed by atoms with Crippen LogP contribution in [-0.4, -0.2) is 41.9 Å². The number of nitrogens with one attached hydrogen (secondary N) is 1. The lowest BCUT2D eigenvalue weighted by atomic mass is 9.89. The first kappa shape index (κ1) is 25.9. The van der Waals surface area contributed by atoms with E-state index >= 15 is 0 Å². The predicted molar refractivity (Wildman–Crippen MR) is 133 cm³/mol. The zero-order chi connectivity index (χ0) is 24.9. The standard InChI is InChI=1S/C28H32N2O5/c1-2-34-27(32)11-10-22-15-23(12-14-30-28(33)35-20-21-7-4-3-5-8-21)17-25(16-22)26(19-31)24-9-6-13-29-18-24/h3-9,13,15-18,26,31H,2,10-12,14,19-20H2,1H3,(H,30,33). The molecule has 3 rings (SSSR count). The van der Waals surface area contributed by atoms with Crippen molar-refractivity contribution in [2.24, 2.45) is 0 Å². The van der Waals surface area contributed by atoms with Crippen molar-refractivity contribution in [2.45, 2.75) is 38.7 Å². The second-order valence-electron chi connectivity index (χ2n) is 8.15. The number of rotatable bonds is 12. The number of carbonyl (C=O) groups excluding carboxylic acids is 2. The molecular formula is C28H32N2O5. The molecule has 1 unspecified atom stereocenters. The normalized spacial score (nSPS) is 11.5. The number of benzene rings is 2. The summed E-state index contributed by atoms with van der Waals surface area (Å²) in [4.78, 5) is 28.1. The molecule has 0 radical (unpaired) electrons. The lowest BCUT2D eigenvalue weighted by Gasteiger charge is -2.18. The molecule has 1 amide bonds. The Morgan fingerprint density at radius 1 is 0.943 bits per heavy atom. The van der Waals surface area contributed by atoms with Gasteiger partial charge in [-0.3, -0.25) is 9.78 Å². The highest BCUT2D eigenvalue weighted by atomic mass is 16.5. The van der Waals surface area contributed by atoms with Crippen LogP contribution >= 0.6 is 0 Å². The molecule has 1 atom stereocenters. The molecule has 2 aromatic carbocycles. The number of aromatic nitrogens is 1. The van der Waals surface area contributed by atoms with Crippen LogP contribution in [0.3, 0.4) is 0 Å². The molecule has 0 saturated heterocycles. The number of hydrogen-bond donors (Lipinski definition) is 2. The lowest BCUT2D eigenvalue weighted by Crippen LogP contribution is -2.26. The van der Waals surface area contributed by atoms with Crippen molar-refractivity contribution in [3.8, 4) is 0 Å². The van der Waals surface area contributed by atoms with E-state index in [0.717, 1.165) is 27.8 Å². The largest absolute Gasteiger partial charge is 0.466 e. The third-order valence-corrected chi connectivity index (χ3v) is 5.57. The third kappa shape index (κ3) is 8.54. The number of carbonyl (C=O) groups is 2. The Morgan fingerprint density at radius 3 is 2.40 bits per heavy atom. The predicted octanol–water partition coefficient (Wildman–Crippen LogP) is 4.17. The van der Waals surface area contributed by atoms with E-state index in [1.807, 2.05) is 60.7 Å². The van der Waals surface area contributed by atoms with Crippen molar-refractivity contribution in [1.29, 1.82) is 0 Å². The molecule has 0 aliphatic carbocycles. The van der Waals surface area contributed by atoms with E-state index in [1.54, 1.807) is 19.3 Å². The molecule has 0 aliphatic heterocycles. The van der Waals surface area contributed by atoms with E-state index < -0.39 is 6.09 Å². The molecule has 0 fully saturated rings. The minimum absolute atomic E-state index is 0.0729. The first-order valence-corrected chi connectivity index (χ1v) is 11.8. The minimum Gasteiger partial charge on any atom is -0.466 e. The fourth-order valence-electron chi connectivity index (χ4n) is 3.83. The smallest absolute Gasteiger partial charge is 0.407 e. The molecule has 1 heterocycles. The van der Waals surface area contributed by atoms with Crippen molar-refractivity contribution < 1.29 is 24.2 Å². The van der Waals surface area contributed by atoms with Gasteiger partial charge in [0.1, 0.15) is 6.61 Å². The quantitative estimate of drug-likeness (QED) is 0.381. The molecule has 2 N–H and O–H groups in total. The molecule has 7 heteroatoms. The van der Waals surface area contributed by atoms with Gasteiger partial charge in [-0.05, 0) is 53.6 Å². The van der Waals surface area contributed by atoms with Crippen LogP contribution in [0.5, 0.6) is 0 Å². The van der Waals surface area contributed by atoms with Gasteiger partial charge < -0.3 is 19.9 Å². The Balaban J connectivity index is 1.67. The zero-order valence-electron chi connectivity index (χ0n) is 20.0. The number of ether oxygens (including phenoxy) is 2. The molecule has 0 saturated carbocycles. The maximum Gasteiger partial charge on any atom is 0.407 e. The highest BCUT2D eigenvalue weighted by Crippen LogP contribution is 2.26. The highest BCUT2D eigenvalue weighted by Gasteiger charge is 2.16. The maximum atomic E-state index is 12.1. The molecule has 7 nitrogen and oxygen atoms in total. The maximum absolute atomic E-state index is 12.1. The number of amides is 1. The fourth-order valence-corrected chi connectivity index (χ4v) is 3.83. The van der Waals surface area contributed by atoms with E-state index in [4.69, 9.17) is 9.47 Å². The highest BCUT2D eigenvalue weighted by molar-refractivity contribution is 5.69. The van der Waals surface area contributed by atoms with Gasteiger partial charge in [0.2, 0.25) is 0 Å². The van der Waals surface area contributed by atoms with Crippen LogP contribution in [0.1, 0.15) is 47.1 Å². The second kappa shape index (κ2) is 13.9. The van der Waals surface area contributed by atoms with E-state index in [1.165, 1.54) is 0 Å². The van der Waals surface area contributed by atoms with Gasteiger partial charge in [-0.1, -0.05) is 54.6 Å². The summed E-state index contributed by atoms with van der Waals surface area (Å²) in [5.74, 6) is -0.484. The first-order valence-electron chi connectivity index (χ1n) is 11.8. The number of aliphatic hydroxyl groups is 1. The average Bonchev–Trinajstić information content (AvgIpc) is 2.88. The number of hydrogen-bond acceptors (Lipinski definition) is 6. The molecule has 35 heavy (non-hydrogen) atoms. The summed E-state index contributed by atoms with van der Waals surface area (Å²) < 4.78 is 10.3. The summed E-state index contributed by atoms with van der Waals surface area (Å²) in [7, 11) is 0. The van der Waals surface area contributed by atoms with Crippen molar-refractivity contribution >= 4 is 12.1 Å². The van der Waals surface area contributed by atoms with Crippen molar-refractivity contribution in [3.05, 3.63) is 101 Å². The Labute approximate surface area is 206 Å². The Morgan fingerprint density at radius 2 is 1.71 bits per heavy atom. The minimum atomic E-state index is -0.476. The average molecular weight is 477 g/mol. The van der Waals surface area contributed by atoms with Crippen LogP contribution in [0.2, 0.25) is 0 Å². The number of nitrogens with zero attached hydrogens (tertiary/aromatic N) is 1. The monoisotopic (exact) mass is 476 g/mol. The summed E-state index contributed by atoms with van der Waals surface area (Å²) in [5.41, 5.74) is 4.73. The van der Waals surface area contributed by atoms with Crippen LogP contribution in [0.15, 0.2) is 73.1 Å².